The molecule has 8 nitrogen and oxygen atoms in total. The van der Waals surface area contributed by atoms with Crippen molar-refractivity contribution in [2.45, 2.75) is 45.4 Å². The Morgan fingerprint density at radius 3 is 2.59 bits per heavy atom. The minimum absolute atomic E-state index is 0.0420. The van der Waals surface area contributed by atoms with Crippen molar-refractivity contribution >= 4 is 17.5 Å². The third-order valence-electron chi connectivity index (χ3n) is 6.74. The SMILES string of the molecule is C[C@@H]1CN([C@@H](C)CO)C(=O)c2cc(NC(=O)CCCN(C)C)ccc2O[C@H]1CN(C)Cc1ccccc1. The van der Waals surface area contributed by atoms with Crippen LogP contribution < -0.4 is 10.1 Å². The highest BCUT2D eigenvalue weighted by molar-refractivity contribution is 5.99. The molecule has 3 rings (SSSR count). The quantitative estimate of drug-likeness (QED) is 0.483. The van der Waals surface area contributed by atoms with E-state index in [1.165, 1.54) is 5.56 Å². The molecule has 0 bridgehead atoms. The molecule has 0 saturated heterocycles. The van der Waals surface area contributed by atoms with E-state index >= 15 is 0 Å². The van der Waals surface area contributed by atoms with Gasteiger partial charge in [-0.15, -0.1) is 0 Å². The number of aliphatic hydroxyl groups is 1. The van der Waals surface area contributed by atoms with Crippen molar-refractivity contribution in [1.82, 2.24) is 14.7 Å². The summed E-state index contributed by atoms with van der Waals surface area (Å²) in [6.45, 7) is 6.55. The molecule has 3 atom stereocenters. The number of nitrogens with one attached hydrogen (secondary N) is 1. The Morgan fingerprint density at radius 1 is 1.19 bits per heavy atom. The van der Waals surface area contributed by atoms with Gasteiger partial charge in [-0.3, -0.25) is 14.5 Å². The van der Waals surface area contributed by atoms with E-state index in [0.717, 1.165) is 19.5 Å². The van der Waals surface area contributed by atoms with Crippen molar-refractivity contribution in [3.8, 4) is 5.75 Å². The summed E-state index contributed by atoms with van der Waals surface area (Å²) in [4.78, 5) is 32.0. The summed E-state index contributed by atoms with van der Waals surface area (Å²) in [6.07, 6.45) is 0.991. The number of fused-ring (bicyclic) bond motifs is 1. The van der Waals surface area contributed by atoms with Crippen LogP contribution in [0.25, 0.3) is 0 Å². The lowest BCUT2D eigenvalue weighted by Gasteiger charge is -2.38. The lowest BCUT2D eigenvalue weighted by atomic mass is 9.99. The number of amides is 2. The van der Waals surface area contributed by atoms with Crippen LogP contribution in [0.4, 0.5) is 5.69 Å². The van der Waals surface area contributed by atoms with Gasteiger partial charge in [-0.2, -0.15) is 0 Å². The largest absolute Gasteiger partial charge is 0.488 e. The highest BCUT2D eigenvalue weighted by atomic mass is 16.5. The van der Waals surface area contributed by atoms with Crippen LogP contribution >= 0.6 is 0 Å². The van der Waals surface area contributed by atoms with Gasteiger partial charge in [0.05, 0.1) is 18.2 Å². The Labute approximate surface area is 221 Å². The third kappa shape index (κ3) is 8.28. The molecule has 0 saturated carbocycles. The van der Waals surface area contributed by atoms with E-state index in [9.17, 15) is 14.7 Å². The van der Waals surface area contributed by atoms with E-state index in [1.807, 2.05) is 44.1 Å². The Bertz CT molecular complexity index is 1030. The fraction of sp³-hybridized carbons (Fsp3) is 0.517. The molecular weight excluding hydrogens is 468 g/mol. The van der Waals surface area contributed by atoms with Gasteiger partial charge in [-0.1, -0.05) is 37.3 Å². The smallest absolute Gasteiger partial charge is 0.258 e. The third-order valence-corrected chi connectivity index (χ3v) is 6.74. The predicted octanol–water partition coefficient (Wildman–Crippen LogP) is 3.32. The molecule has 0 fully saturated rings. The molecule has 0 unspecified atom stereocenters. The zero-order valence-electron chi connectivity index (χ0n) is 22.8. The molecule has 2 aromatic rings. The first kappa shape index (κ1) is 28.6. The monoisotopic (exact) mass is 510 g/mol. The molecule has 2 aromatic carbocycles. The number of hydrogen-bond donors (Lipinski definition) is 2. The molecule has 0 spiro atoms. The first-order valence-electron chi connectivity index (χ1n) is 13.1. The Balaban J connectivity index is 1.82. The topological polar surface area (TPSA) is 85.3 Å². The number of ether oxygens (including phenoxy) is 1. The molecule has 0 radical (unpaired) electrons. The van der Waals surface area contributed by atoms with Gasteiger partial charge in [0.15, 0.2) is 0 Å². The number of benzene rings is 2. The summed E-state index contributed by atoms with van der Waals surface area (Å²) in [5.74, 6) is 0.245. The highest BCUT2D eigenvalue weighted by Gasteiger charge is 2.33. The molecule has 1 aliphatic heterocycles. The molecule has 1 aliphatic rings. The fourth-order valence-corrected chi connectivity index (χ4v) is 4.56. The number of aliphatic hydroxyl groups excluding tert-OH is 1. The number of rotatable bonds is 11. The standard InChI is InChI=1S/C29H42N4O4/c1-21-17-33(22(2)20-34)29(36)25-16-24(30-28(35)12-9-15-31(3)4)13-14-26(25)37-27(21)19-32(5)18-23-10-7-6-8-11-23/h6-8,10-11,13-14,16,21-22,27,34H,9,12,15,17-20H2,1-5H3,(H,30,35)/t21-,22+,27+/m1/s1. The van der Waals surface area contributed by atoms with E-state index in [-0.39, 0.29) is 36.5 Å². The maximum Gasteiger partial charge on any atom is 0.258 e. The summed E-state index contributed by atoms with van der Waals surface area (Å²) in [5, 5.41) is 12.8. The van der Waals surface area contributed by atoms with Crippen LogP contribution in [-0.4, -0.2) is 91.2 Å². The van der Waals surface area contributed by atoms with Crippen LogP contribution in [-0.2, 0) is 11.3 Å². The fourth-order valence-electron chi connectivity index (χ4n) is 4.56. The average Bonchev–Trinajstić information content (AvgIpc) is 2.86. The lowest BCUT2D eigenvalue weighted by Crippen LogP contribution is -2.49. The summed E-state index contributed by atoms with van der Waals surface area (Å²) in [7, 11) is 6.02. The van der Waals surface area contributed by atoms with E-state index < -0.39 is 0 Å². The number of carbonyl (C=O) groups excluding carboxylic acids is 2. The van der Waals surface area contributed by atoms with Gasteiger partial charge in [0.1, 0.15) is 11.9 Å². The number of carbonyl (C=O) groups is 2. The normalized spacial score (nSPS) is 18.7. The second-order valence-corrected chi connectivity index (χ2v) is 10.5. The molecule has 202 valence electrons. The van der Waals surface area contributed by atoms with Gasteiger partial charge in [-0.25, -0.2) is 0 Å². The average molecular weight is 511 g/mol. The van der Waals surface area contributed by atoms with Crippen molar-refractivity contribution in [2.24, 2.45) is 5.92 Å². The number of hydrogen-bond acceptors (Lipinski definition) is 6. The zero-order valence-corrected chi connectivity index (χ0v) is 22.8. The van der Waals surface area contributed by atoms with Crippen LogP contribution in [0, 0.1) is 5.92 Å². The second-order valence-electron chi connectivity index (χ2n) is 10.5. The van der Waals surface area contributed by atoms with Crippen LogP contribution in [0.5, 0.6) is 5.75 Å². The van der Waals surface area contributed by atoms with Gasteiger partial charge < -0.3 is 25.0 Å². The zero-order chi connectivity index (χ0) is 26.9. The van der Waals surface area contributed by atoms with Gasteiger partial charge in [-0.05, 0) is 64.8 Å². The molecule has 0 aliphatic carbocycles. The van der Waals surface area contributed by atoms with Gasteiger partial charge in [0.25, 0.3) is 5.91 Å². The molecule has 37 heavy (non-hydrogen) atoms. The van der Waals surface area contributed by atoms with Crippen LogP contribution in [0.15, 0.2) is 48.5 Å². The highest BCUT2D eigenvalue weighted by Crippen LogP contribution is 2.31. The maximum atomic E-state index is 13.6. The van der Waals surface area contributed by atoms with Crippen molar-refractivity contribution in [2.75, 3.05) is 52.7 Å². The molecule has 2 N–H and O–H groups in total. The minimum Gasteiger partial charge on any atom is -0.488 e. The van der Waals surface area contributed by atoms with Crippen LogP contribution in [0.1, 0.15) is 42.6 Å². The maximum absolute atomic E-state index is 13.6. The summed E-state index contributed by atoms with van der Waals surface area (Å²) >= 11 is 0. The first-order chi connectivity index (χ1) is 17.7. The molecule has 1 heterocycles. The summed E-state index contributed by atoms with van der Waals surface area (Å²) < 4.78 is 6.47. The number of anilines is 1. The molecule has 0 aromatic heterocycles. The van der Waals surface area contributed by atoms with Crippen molar-refractivity contribution in [3.63, 3.8) is 0 Å². The van der Waals surface area contributed by atoms with Crippen molar-refractivity contribution in [3.05, 3.63) is 59.7 Å². The molecule has 8 heteroatoms. The summed E-state index contributed by atoms with van der Waals surface area (Å²) in [5.41, 5.74) is 2.18. The van der Waals surface area contributed by atoms with E-state index in [4.69, 9.17) is 4.74 Å². The lowest BCUT2D eigenvalue weighted by molar-refractivity contribution is -0.116. The second kappa shape index (κ2) is 13.6. The van der Waals surface area contributed by atoms with E-state index in [2.05, 4.69) is 36.3 Å². The van der Waals surface area contributed by atoms with Crippen molar-refractivity contribution in [1.29, 1.82) is 0 Å². The van der Waals surface area contributed by atoms with E-state index in [0.29, 0.717) is 36.5 Å². The Hall–Kier alpha value is -2.94. The molecular formula is C29H42N4O4. The molecule has 2 amide bonds. The summed E-state index contributed by atoms with van der Waals surface area (Å²) in [6, 6.07) is 15.2. The van der Waals surface area contributed by atoms with Crippen LogP contribution in [0.3, 0.4) is 0 Å². The Morgan fingerprint density at radius 2 is 1.92 bits per heavy atom. The van der Waals surface area contributed by atoms with E-state index in [1.54, 1.807) is 23.1 Å². The van der Waals surface area contributed by atoms with Crippen molar-refractivity contribution < 1.29 is 19.4 Å². The number of nitrogens with zero attached hydrogens (tertiary/aromatic N) is 3. The first-order valence-corrected chi connectivity index (χ1v) is 13.1. The number of likely N-dealkylation sites (N-methyl/N-ethyl adjacent to an activating group) is 1. The van der Waals surface area contributed by atoms with Gasteiger partial charge >= 0.3 is 0 Å². The van der Waals surface area contributed by atoms with Crippen LogP contribution in [0.2, 0.25) is 0 Å². The Kier molecular flexibility index (Phi) is 10.5. The van der Waals surface area contributed by atoms with Gasteiger partial charge in [0, 0.05) is 37.7 Å². The minimum atomic E-state index is -0.340. The van der Waals surface area contributed by atoms with Gasteiger partial charge in [0.2, 0.25) is 5.91 Å². The predicted molar refractivity (Wildman–Crippen MR) is 147 cm³/mol.